The third kappa shape index (κ3) is 6.39. The Hall–Kier alpha value is -0.0800. The molecule has 2 atom stereocenters. The maximum atomic E-state index is 9.87. The summed E-state index contributed by atoms with van der Waals surface area (Å²) in [5, 5.41) is 9.87. The number of aliphatic hydroxyl groups is 1. The van der Waals surface area contributed by atoms with Crippen molar-refractivity contribution in [2.75, 3.05) is 6.61 Å². The molecule has 0 aliphatic rings. The Labute approximate surface area is 88.7 Å². The summed E-state index contributed by atoms with van der Waals surface area (Å²) < 4.78 is 5.55. The normalized spacial score (nSPS) is 15.4. The van der Waals surface area contributed by atoms with E-state index in [0.717, 1.165) is 32.1 Å². The highest BCUT2D eigenvalue weighted by Crippen LogP contribution is 2.14. The Morgan fingerprint density at radius 1 is 1.00 bits per heavy atom. The van der Waals surface area contributed by atoms with E-state index in [0.29, 0.717) is 6.61 Å². The van der Waals surface area contributed by atoms with Crippen LogP contribution in [0, 0.1) is 0 Å². The molecule has 0 rings (SSSR count). The average molecular weight is 202 g/mol. The molecule has 0 aliphatic carbocycles. The Bertz CT molecular complexity index is 115. The van der Waals surface area contributed by atoms with Crippen LogP contribution in [0.4, 0.5) is 0 Å². The van der Waals surface area contributed by atoms with E-state index < -0.39 is 0 Å². The summed E-state index contributed by atoms with van der Waals surface area (Å²) in [6, 6.07) is 0. The first kappa shape index (κ1) is 13.9. The van der Waals surface area contributed by atoms with Crippen LogP contribution in [0.25, 0.3) is 0 Å². The molecule has 86 valence electrons. The Morgan fingerprint density at radius 2 is 1.57 bits per heavy atom. The fraction of sp³-hybridized carbons (Fsp3) is 1.00. The minimum atomic E-state index is -0.263. The van der Waals surface area contributed by atoms with Crippen molar-refractivity contribution in [2.24, 2.45) is 0 Å². The summed E-state index contributed by atoms with van der Waals surface area (Å²) >= 11 is 0. The summed E-state index contributed by atoms with van der Waals surface area (Å²) in [6.07, 6.45) is 6.23. The van der Waals surface area contributed by atoms with Gasteiger partial charge < -0.3 is 9.84 Å². The fourth-order valence-electron chi connectivity index (χ4n) is 1.61. The summed E-state index contributed by atoms with van der Waals surface area (Å²) in [7, 11) is 0. The van der Waals surface area contributed by atoms with Gasteiger partial charge in [0.15, 0.2) is 0 Å². The fourth-order valence-corrected chi connectivity index (χ4v) is 1.61. The maximum absolute atomic E-state index is 9.87. The van der Waals surface area contributed by atoms with Crippen molar-refractivity contribution in [3.8, 4) is 0 Å². The highest BCUT2D eigenvalue weighted by molar-refractivity contribution is 4.69. The van der Waals surface area contributed by atoms with Crippen molar-refractivity contribution in [1.82, 2.24) is 0 Å². The van der Waals surface area contributed by atoms with Crippen LogP contribution in [0.5, 0.6) is 0 Å². The van der Waals surface area contributed by atoms with Gasteiger partial charge >= 0.3 is 0 Å². The van der Waals surface area contributed by atoms with Crippen molar-refractivity contribution in [3.05, 3.63) is 0 Å². The van der Waals surface area contributed by atoms with E-state index in [2.05, 4.69) is 13.8 Å². The first-order valence-electron chi connectivity index (χ1n) is 6.05. The molecule has 0 saturated heterocycles. The number of hydrogen-bond acceptors (Lipinski definition) is 2. The minimum absolute atomic E-state index is 0.0616. The van der Waals surface area contributed by atoms with E-state index in [1.807, 2.05) is 6.92 Å². The number of hydrogen-bond donors (Lipinski definition) is 1. The van der Waals surface area contributed by atoms with Crippen LogP contribution in [0.2, 0.25) is 0 Å². The first-order valence-corrected chi connectivity index (χ1v) is 6.05. The molecule has 0 aromatic carbocycles. The third-order valence-electron chi connectivity index (χ3n) is 2.51. The van der Waals surface area contributed by atoms with Gasteiger partial charge in [-0.25, -0.2) is 0 Å². The lowest BCUT2D eigenvalue weighted by molar-refractivity contribution is -0.0413. The van der Waals surface area contributed by atoms with Gasteiger partial charge in [0, 0.05) is 6.61 Å². The summed E-state index contributed by atoms with van der Waals surface area (Å²) in [6.45, 7) is 7.01. The topological polar surface area (TPSA) is 29.5 Å². The molecule has 2 nitrogen and oxygen atoms in total. The number of aliphatic hydroxyl groups excluding tert-OH is 1. The predicted molar refractivity (Wildman–Crippen MR) is 60.5 cm³/mol. The highest BCUT2D eigenvalue weighted by Gasteiger charge is 2.17. The molecule has 2 unspecified atom stereocenters. The third-order valence-corrected chi connectivity index (χ3v) is 2.51. The molecule has 0 heterocycles. The zero-order valence-electron chi connectivity index (χ0n) is 9.96. The van der Waals surface area contributed by atoms with Gasteiger partial charge in [0.2, 0.25) is 0 Å². The van der Waals surface area contributed by atoms with Gasteiger partial charge in [-0.15, -0.1) is 0 Å². The summed E-state index contributed by atoms with van der Waals surface area (Å²) in [4.78, 5) is 0. The van der Waals surface area contributed by atoms with Crippen LogP contribution in [-0.4, -0.2) is 23.9 Å². The number of unbranched alkanes of at least 4 members (excludes halogenated alkanes) is 2. The van der Waals surface area contributed by atoms with Crippen LogP contribution in [0.1, 0.15) is 59.3 Å². The molecule has 0 aliphatic heterocycles. The second-order valence-electron chi connectivity index (χ2n) is 3.85. The van der Waals surface area contributed by atoms with Crippen molar-refractivity contribution in [2.45, 2.75) is 71.5 Å². The molecule has 14 heavy (non-hydrogen) atoms. The average Bonchev–Trinajstić information content (AvgIpc) is 2.20. The molecule has 2 heteroatoms. The quantitative estimate of drug-likeness (QED) is 0.622. The van der Waals surface area contributed by atoms with Crippen LogP contribution in [-0.2, 0) is 4.74 Å². The van der Waals surface area contributed by atoms with Gasteiger partial charge in [-0.05, 0) is 19.8 Å². The van der Waals surface area contributed by atoms with E-state index >= 15 is 0 Å². The largest absolute Gasteiger partial charge is 0.390 e. The van der Waals surface area contributed by atoms with Crippen molar-refractivity contribution < 1.29 is 9.84 Å². The second kappa shape index (κ2) is 9.47. The maximum Gasteiger partial charge on any atom is 0.0833 e. The first-order chi connectivity index (χ1) is 6.76. The summed E-state index contributed by atoms with van der Waals surface area (Å²) in [5.74, 6) is 0. The van der Waals surface area contributed by atoms with Crippen molar-refractivity contribution in [3.63, 3.8) is 0 Å². The molecular weight excluding hydrogens is 176 g/mol. The molecule has 0 amide bonds. The van der Waals surface area contributed by atoms with Crippen LogP contribution in [0.3, 0.4) is 0 Å². The minimum Gasteiger partial charge on any atom is -0.390 e. The molecular formula is C12H26O2. The predicted octanol–water partition coefficient (Wildman–Crippen LogP) is 3.13. The molecule has 0 aromatic rings. The van der Waals surface area contributed by atoms with E-state index in [1.54, 1.807) is 0 Å². The van der Waals surface area contributed by atoms with Crippen LogP contribution >= 0.6 is 0 Å². The zero-order valence-corrected chi connectivity index (χ0v) is 9.96. The molecule has 0 bridgehead atoms. The van der Waals surface area contributed by atoms with Gasteiger partial charge in [0.05, 0.1) is 12.2 Å². The molecule has 0 aromatic heterocycles. The van der Waals surface area contributed by atoms with E-state index in [9.17, 15) is 5.11 Å². The van der Waals surface area contributed by atoms with Crippen molar-refractivity contribution in [1.29, 1.82) is 0 Å². The second-order valence-corrected chi connectivity index (χ2v) is 3.85. The molecule has 1 N–H and O–H groups in total. The van der Waals surface area contributed by atoms with Gasteiger partial charge in [-0.3, -0.25) is 0 Å². The molecule has 0 spiro atoms. The van der Waals surface area contributed by atoms with Crippen LogP contribution < -0.4 is 0 Å². The zero-order chi connectivity index (χ0) is 10.8. The SMILES string of the molecule is CCCCC(O)C(CCCC)OCC. The Morgan fingerprint density at radius 3 is 2.07 bits per heavy atom. The van der Waals surface area contributed by atoms with Gasteiger partial charge in [-0.1, -0.05) is 39.5 Å². The lowest BCUT2D eigenvalue weighted by Crippen LogP contribution is -2.29. The summed E-state index contributed by atoms with van der Waals surface area (Å²) in [5.41, 5.74) is 0. The smallest absolute Gasteiger partial charge is 0.0833 e. The molecule has 0 fully saturated rings. The number of rotatable bonds is 9. The monoisotopic (exact) mass is 202 g/mol. The van der Waals surface area contributed by atoms with Crippen molar-refractivity contribution >= 4 is 0 Å². The number of ether oxygens (including phenoxy) is 1. The van der Waals surface area contributed by atoms with E-state index in [-0.39, 0.29) is 12.2 Å². The molecule has 0 radical (unpaired) electrons. The Balaban J connectivity index is 3.77. The van der Waals surface area contributed by atoms with Crippen LogP contribution in [0.15, 0.2) is 0 Å². The van der Waals surface area contributed by atoms with E-state index in [4.69, 9.17) is 4.74 Å². The van der Waals surface area contributed by atoms with Gasteiger partial charge in [0.1, 0.15) is 0 Å². The standard InChI is InChI=1S/C12H26O2/c1-4-7-9-11(13)12(14-6-3)10-8-5-2/h11-13H,4-10H2,1-3H3. The lowest BCUT2D eigenvalue weighted by atomic mass is 10.0. The Kier molecular flexibility index (Phi) is 9.42. The van der Waals surface area contributed by atoms with Gasteiger partial charge in [0.25, 0.3) is 0 Å². The highest BCUT2D eigenvalue weighted by atomic mass is 16.5. The van der Waals surface area contributed by atoms with E-state index in [1.165, 1.54) is 6.42 Å². The lowest BCUT2D eigenvalue weighted by Gasteiger charge is -2.22. The van der Waals surface area contributed by atoms with Gasteiger partial charge in [-0.2, -0.15) is 0 Å². The molecule has 0 saturated carbocycles.